The van der Waals surface area contributed by atoms with Crippen LogP contribution in [0.2, 0.25) is 0 Å². The molecule has 0 unspecified atom stereocenters. The highest BCUT2D eigenvalue weighted by Gasteiger charge is 2.32. The second-order valence-electron chi connectivity index (χ2n) is 10.5. The van der Waals surface area contributed by atoms with E-state index >= 15 is 0 Å². The Hall–Kier alpha value is -3.22. The number of alkyl halides is 2. The van der Waals surface area contributed by atoms with Gasteiger partial charge in [-0.3, -0.25) is 0 Å². The number of nitrogens with one attached hydrogen (secondary N) is 1. The Bertz CT molecular complexity index is 1190. The zero-order valence-electron chi connectivity index (χ0n) is 21.4. The Kier molecular flexibility index (Phi) is 6.71. The van der Waals surface area contributed by atoms with E-state index < -0.39 is 6.43 Å². The van der Waals surface area contributed by atoms with Gasteiger partial charge < -0.3 is 15.1 Å². The lowest BCUT2D eigenvalue weighted by Crippen LogP contribution is -2.47. The normalized spacial score (nSPS) is 17.4. The molecule has 2 aliphatic heterocycles. The van der Waals surface area contributed by atoms with Crippen LogP contribution in [0.1, 0.15) is 67.9 Å². The smallest absolute Gasteiger partial charge is 0.263 e. The third kappa shape index (κ3) is 5.09. The lowest BCUT2D eigenvalue weighted by molar-refractivity contribution is 0.151. The minimum atomic E-state index is -2.59. The molecule has 0 saturated carbocycles. The van der Waals surface area contributed by atoms with E-state index in [2.05, 4.69) is 42.2 Å². The lowest BCUT2D eigenvalue weighted by Gasteiger charge is -2.42. The topological polar surface area (TPSA) is 43.8 Å². The van der Waals surface area contributed by atoms with Crippen LogP contribution in [0.3, 0.4) is 0 Å². The van der Waals surface area contributed by atoms with Gasteiger partial charge in [0, 0.05) is 55.3 Å². The van der Waals surface area contributed by atoms with Crippen molar-refractivity contribution >= 4 is 28.7 Å². The second kappa shape index (κ2) is 9.44. The van der Waals surface area contributed by atoms with Gasteiger partial charge in [0.15, 0.2) is 0 Å². The third-order valence-corrected chi connectivity index (χ3v) is 7.02. The highest BCUT2D eigenvalue weighted by atomic mass is 19.3. The molecule has 7 heteroatoms. The number of nitrogens with zero attached hydrogens (tertiary/aromatic N) is 4. The molecule has 0 bridgehead atoms. The number of allylic oxidation sites excluding steroid dienone is 1. The molecule has 2 aromatic rings. The zero-order valence-corrected chi connectivity index (χ0v) is 21.4. The van der Waals surface area contributed by atoms with Crippen molar-refractivity contribution in [3.63, 3.8) is 0 Å². The van der Waals surface area contributed by atoms with Gasteiger partial charge in [0.1, 0.15) is 5.82 Å². The molecule has 0 radical (unpaired) electrons. The first-order valence-corrected chi connectivity index (χ1v) is 12.0. The molecule has 0 aliphatic carbocycles. The second-order valence-corrected chi connectivity index (χ2v) is 10.5. The number of benzene rings is 1. The first kappa shape index (κ1) is 24.9. The van der Waals surface area contributed by atoms with Crippen molar-refractivity contribution in [1.82, 2.24) is 14.8 Å². The summed E-state index contributed by atoms with van der Waals surface area (Å²) in [5.74, 6) is 1.49. The number of hydrogen-bond donors (Lipinski definition) is 1. The van der Waals surface area contributed by atoms with E-state index in [4.69, 9.17) is 4.99 Å². The summed E-state index contributed by atoms with van der Waals surface area (Å²) in [6, 6.07) is 5.09. The van der Waals surface area contributed by atoms with Crippen LogP contribution in [0.5, 0.6) is 0 Å². The van der Waals surface area contributed by atoms with Crippen molar-refractivity contribution in [2.24, 2.45) is 10.4 Å². The van der Waals surface area contributed by atoms with Gasteiger partial charge in [0.05, 0.1) is 5.69 Å². The molecule has 2 aliphatic rings. The summed E-state index contributed by atoms with van der Waals surface area (Å²) in [5.41, 5.74) is 5.79. The molecule has 4 rings (SSSR count). The summed E-state index contributed by atoms with van der Waals surface area (Å²) in [7, 11) is 1.91. The molecule has 1 N–H and O–H groups in total. The quantitative estimate of drug-likeness (QED) is 0.502. The van der Waals surface area contributed by atoms with Crippen LogP contribution in [-0.4, -0.2) is 40.9 Å². The predicted molar refractivity (Wildman–Crippen MR) is 141 cm³/mol. The molecule has 1 saturated heterocycles. The van der Waals surface area contributed by atoms with Crippen LogP contribution in [0.25, 0.3) is 11.3 Å². The summed E-state index contributed by atoms with van der Waals surface area (Å²) in [5, 5.41) is 3.34. The van der Waals surface area contributed by atoms with E-state index in [0.717, 1.165) is 48.6 Å². The van der Waals surface area contributed by atoms with Crippen LogP contribution >= 0.6 is 0 Å². The molecule has 5 nitrogen and oxygen atoms in total. The lowest BCUT2D eigenvalue weighted by atomic mass is 9.83. The minimum absolute atomic E-state index is 0.0366. The van der Waals surface area contributed by atoms with Gasteiger partial charge in [0.2, 0.25) is 5.96 Å². The number of pyridine rings is 1. The number of hydrogen-bond acceptors (Lipinski definition) is 5. The third-order valence-electron chi connectivity index (χ3n) is 7.02. The number of rotatable bonds is 5. The first-order valence-electron chi connectivity index (χ1n) is 12.0. The van der Waals surface area contributed by atoms with E-state index in [9.17, 15) is 8.78 Å². The Morgan fingerprint density at radius 3 is 2.51 bits per heavy atom. The SMILES string of the molecule is C=C(C)c1cc(C)cnc1NCc1cc(C(F)F)cc2c1N=C(N1CCC(C)(C)CC1)N(C)C2=C. The van der Waals surface area contributed by atoms with E-state index in [1.54, 1.807) is 12.3 Å². The van der Waals surface area contributed by atoms with Gasteiger partial charge >= 0.3 is 0 Å². The largest absolute Gasteiger partial charge is 0.365 e. The average molecular weight is 480 g/mol. The number of guanidine groups is 1. The van der Waals surface area contributed by atoms with Gasteiger partial charge in [0.25, 0.3) is 6.43 Å². The van der Waals surface area contributed by atoms with Gasteiger partial charge in [-0.1, -0.05) is 27.0 Å². The zero-order chi connectivity index (χ0) is 25.5. The maximum Gasteiger partial charge on any atom is 0.263 e. The van der Waals surface area contributed by atoms with E-state index in [0.29, 0.717) is 40.3 Å². The van der Waals surface area contributed by atoms with Crippen molar-refractivity contribution in [2.75, 3.05) is 25.5 Å². The highest BCUT2D eigenvalue weighted by Crippen LogP contribution is 2.40. The number of piperidine rings is 1. The molecular weight excluding hydrogens is 444 g/mol. The highest BCUT2D eigenvalue weighted by molar-refractivity contribution is 5.97. The number of anilines is 1. The summed E-state index contributed by atoms with van der Waals surface area (Å²) < 4.78 is 27.7. The first-order chi connectivity index (χ1) is 16.5. The molecule has 0 spiro atoms. The maximum absolute atomic E-state index is 13.8. The molecule has 0 atom stereocenters. The van der Waals surface area contributed by atoms with Crippen LogP contribution in [-0.2, 0) is 6.54 Å². The number of fused-ring (bicyclic) bond motifs is 1. The van der Waals surface area contributed by atoms with E-state index in [-0.39, 0.29) is 5.56 Å². The minimum Gasteiger partial charge on any atom is -0.365 e. The number of aliphatic imine (C=N–C) groups is 1. The fourth-order valence-corrected chi connectivity index (χ4v) is 4.62. The van der Waals surface area contributed by atoms with E-state index in [1.807, 2.05) is 31.9 Å². The molecule has 1 fully saturated rings. The fourth-order valence-electron chi connectivity index (χ4n) is 4.62. The molecule has 3 heterocycles. The van der Waals surface area contributed by atoms with Crippen molar-refractivity contribution in [1.29, 1.82) is 0 Å². The number of aromatic nitrogens is 1. The Balaban J connectivity index is 1.73. The number of halogens is 2. The summed E-state index contributed by atoms with van der Waals surface area (Å²) in [6.45, 7) is 18.9. The van der Waals surface area contributed by atoms with Crippen LogP contribution in [0.15, 0.2) is 42.5 Å². The molecule has 35 heavy (non-hydrogen) atoms. The maximum atomic E-state index is 13.8. The van der Waals surface area contributed by atoms with Gasteiger partial charge in [-0.25, -0.2) is 18.8 Å². The Morgan fingerprint density at radius 2 is 1.89 bits per heavy atom. The van der Waals surface area contributed by atoms with Crippen molar-refractivity contribution in [3.8, 4) is 0 Å². The Morgan fingerprint density at radius 1 is 1.20 bits per heavy atom. The van der Waals surface area contributed by atoms with Crippen molar-refractivity contribution in [3.05, 3.63) is 65.4 Å². The Labute approximate surface area is 207 Å². The van der Waals surface area contributed by atoms with Crippen LogP contribution < -0.4 is 5.32 Å². The van der Waals surface area contributed by atoms with Gasteiger partial charge in [-0.2, -0.15) is 0 Å². The van der Waals surface area contributed by atoms with Crippen LogP contribution in [0, 0.1) is 12.3 Å². The van der Waals surface area contributed by atoms with Crippen molar-refractivity contribution < 1.29 is 8.78 Å². The van der Waals surface area contributed by atoms with Crippen LogP contribution in [0.4, 0.5) is 20.3 Å². The molecule has 1 aromatic carbocycles. The summed E-state index contributed by atoms with van der Waals surface area (Å²) >= 11 is 0. The fraction of sp³-hybridized carbons (Fsp3) is 0.429. The monoisotopic (exact) mass is 479 g/mol. The summed E-state index contributed by atoms with van der Waals surface area (Å²) in [4.78, 5) is 13.7. The van der Waals surface area contributed by atoms with E-state index in [1.165, 1.54) is 6.07 Å². The predicted octanol–water partition coefficient (Wildman–Crippen LogP) is 7.00. The van der Waals surface area contributed by atoms with Crippen molar-refractivity contribution in [2.45, 2.75) is 53.5 Å². The standard InChI is InChI=1S/C28H35F2N5/c1-17(2)22-12-18(3)15-31-26(22)32-16-21-13-20(25(29)30)14-23-19(4)34(7)27(33-24(21)23)35-10-8-28(5,6)9-11-35/h12-15,25H,1,4,8-11,16H2,2-3,5-7H3,(H,31,32). The molecule has 0 amide bonds. The molecule has 1 aromatic heterocycles. The molecule has 186 valence electrons. The van der Waals surface area contributed by atoms with Gasteiger partial charge in [-0.15, -0.1) is 0 Å². The number of aryl methyl sites for hydroxylation is 1. The van der Waals surface area contributed by atoms with Gasteiger partial charge in [-0.05, 0) is 67.0 Å². The summed E-state index contributed by atoms with van der Waals surface area (Å²) in [6.07, 6.45) is 1.34. The molecular formula is C28H35F2N5. The number of likely N-dealkylation sites (tertiary alicyclic amines) is 1. The average Bonchev–Trinajstić information content (AvgIpc) is 2.80.